The van der Waals surface area contributed by atoms with Crippen LogP contribution in [0.5, 0.6) is 0 Å². The van der Waals surface area contributed by atoms with Gasteiger partial charge in [-0.25, -0.2) is 24.7 Å². The van der Waals surface area contributed by atoms with Crippen LogP contribution < -0.4 is 21.8 Å². The SMILES string of the molecule is COC(=O)C(CCCN=C(N)N[N+](=O)[O-])NC(=O)C(NC(=O)OCc1ccccc1)C(C)C. The summed E-state index contributed by atoms with van der Waals surface area (Å²) in [7, 11) is 1.18. The number of nitrogens with one attached hydrogen (secondary N) is 3. The van der Waals surface area contributed by atoms with Crippen molar-refractivity contribution in [2.45, 2.75) is 45.4 Å². The molecule has 13 nitrogen and oxygen atoms in total. The monoisotopic (exact) mass is 466 g/mol. The Balaban J connectivity index is 2.66. The number of carbonyl (C=O) groups excluding carboxylic acids is 3. The lowest BCUT2D eigenvalue weighted by Gasteiger charge is -2.24. The first-order chi connectivity index (χ1) is 15.6. The van der Waals surface area contributed by atoms with Crippen molar-refractivity contribution in [2.24, 2.45) is 16.6 Å². The van der Waals surface area contributed by atoms with Crippen LogP contribution in [0.1, 0.15) is 32.3 Å². The molecule has 0 aliphatic heterocycles. The third kappa shape index (κ3) is 10.8. The lowest BCUT2D eigenvalue weighted by molar-refractivity contribution is -0.525. The van der Waals surface area contributed by atoms with E-state index in [0.717, 1.165) is 5.56 Å². The Kier molecular flexibility index (Phi) is 11.7. The second kappa shape index (κ2) is 14.2. The number of carbonyl (C=O) groups is 3. The van der Waals surface area contributed by atoms with Crippen LogP contribution >= 0.6 is 0 Å². The van der Waals surface area contributed by atoms with E-state index >= 15 is 0 Å². The molecule has 0 saturated heterocycles. The van der Waals surface area contributed by atoms with Crippen molar-refractivity contribution in [1.82, 2.24) is 16.1 Å². The quantitative estimate of drug-likeness (QED) is 0.0848. The third-order valence-electron chi connectivity index (χ3n) is 4.38. The van der Waals surface area contributed by atoms with Gasteiger partial charge in [0.2, 0.25) is 5.91 Å². The van der Waals surface area contributed by atoms with Crippen molar-refractivity contribution in [3.8, 4) is 0 Å². The minimum atomic E-state index is -1.01. The van der Waals surface area contributed by atoms with Gasteiger partial charge in [-0.1, -0.05) is 49.6 Å². The highest BCUT2D eigenvalue weighted by Crippen LogP contribution is 2.07. The molecule has 0 radical (unpaired) electrons. The van der Waals surface area contributed by atoms with Gasteiger partial charge in [-0.15, -0.1) is 0 Å². The van der Waals surface area contributed by atoms with Crippen LogP contribution in [0, 0.1) is 16.0 Å². The van der Waals surface area contributed by atoms with Gasteiger partial charge in [0, 0.05) is 6.54 Å². The summed E-state index contributed by atoms with van der Waals surface area (Å²) in [4.78, 5) is 51.1. The number of rotatable bonds is 12. The van der Waals surface area contributed by atoms with Gasteiger partial charge in [0.05, 0.1) is 7.11 Å². The lowest BCUT2D eigenvalue weighted by atomic mass is 10.0. The van der Waals surface area contributed by atoms with E-state index in [1.165, 1.54) is 7.11 Å². The van der Waals surface area contributed by atoms with Crippen LogP contribution in [0.4, 0.5) is 4.79 Å². The number of alkyl carbamates (subject to hydrolysis) is 1. The number of guanidine groups is 1. The summed E-state index contributed by atoms with van der Waals surface area (Å²) in [5, 5.41) is 14.5. The number of methoxy groups -OCH3 is 1. The van der Waals surface area contributed by atoms with Crippen LogP contribution in [0.2, 0.25) is 0 Å². The van der Waals surface area contributed by atoms with Gasteiger partial charge in [-0.2, -0.15) is 0 Å². The Morgan fingerprint density at radius 3 is 2.42 bits per heavy atom. The Bertz CT molecular complexity index is 831. The fourth-order valence-corrected chi connectivity index (χ4v) is 2.70. The average molecular weight is 466 g/mol. The number of aliphatic imine (C=N–C) groups is 1. The molecule has 1 rings (SSSR count). The molecule has 0 aliphatic rings. The van der Waals surface area contributed by atoms with E-state index in [2.05, 4.69) is 15.6 Å². The number of nitrogens with two attached hydrogens (primary N) is 1. The predicted octanol–water partition coefficient (Wildman–Crippen LogP) is 0.471. The summed E-state index contributed by atoms with van der Waals surface area (Å²) in [5.41, 5.74) is 7.82. The molecular formula is C20H30N6O7. The molecule has 0 saturated carbocycles. The van der Waals surface area contributed by atoms with Crippen molar-refractivity contribution in [3.05, 3.63) is 46.0 Å². The second-order valence-electron chi connectivity index (χ2n) is 7.29. The van der Waals surface area contributed by atoms with Crippen molar-refractivity contribution >= 4 is 23.9 Å². The number of nitro groups is 1. The molecule has 13 heteroatoms. The number of ether oxygens (including phenoxy) is 2. The fourth-order valence-electron chi connectivity index (χ4n) is 2.70. The standard InChI is InChI=1S/C20H30N6O7/c1-13(2)16(24-20(29)33-12-14-8-5-4-6-9-14)17(27)23-15(18(28)32-3)10-7-11-22-19(21)25-26(30)31/h4-6,8-9,13,15-16H,7,10-12H2,1-3H3,(H,23,27)(H,24,29)(H3,21,22,25). The summed E-state index contributed by atoms with van der Waals surface area (Å²) in [6.45, 7) is 3.58. The number of amides is 2. The number of hydrazine groups is 1. The van der Waals surface area contributed by atoms with E-state index in [4.69, 9.17) is 15.2 Å². The Morgan fingerprint density at radius 1 is 1.18 bits per heavy atom. The van der Waals surface area contributed by atoms with Crippen molar-refractivity contribution in [1.29, 1.82) is 0 Å². The Morgan fingerprint density at radius 2 is 1.85 bits per heavy atom. The molecule has 0 heterocycles. The molecule has 1 aromatic carbocycles. The van der Waals surface area contributed by atoms with E-state index in [-0.39, 0.29) is 37.9 Å². The summed E-state index contributed by atoms with van der Waals surface area (Å²) in [5.74, 6) is -1.95. The minimum absolute atomic E-state index is 0.0405. The molecule has 0 bridgehead atoms. The van der Waals surface area contributed by atoms with Gasteiger partial charge in [0.25, 0.3) is 5.96 Å². The maximum Gasteiger partial charge on any atom is 0.408 e. The lowest BCUT2D eigenvalue weighted by Crippen LogP contribution is -2.54. The molecule has 2 unspecified atom stereocenters. The maximum absolute atomic E-state index is 12.8. The highest BCUT2D eigenvalue weighted by atomic mass is 16.7. The van der Waals surface area contributed by atoms with Crippen LogP contribution in [-0.2, 0) is 25.7 Å². The molecule has 5 N–H and O–H groups in total. The molecule has 2 atom stereocenters. The number of nitrogens with zero attached hydrogens (tertiary/aromatic N) is 2. The van der Waals surface area contributed by atoms with Crippen molar-refractivity contribution in [2.75, 3.05) is 13.7 Å². The molecule has 2 amide bonds. The fraction of sp³-hybridized carbons (Fsp3) is 0.500. The van der Waals surface area contributed by atoms with Gasteiger partial charge in [0.15, 0.2) is 5.03 Å². The number of esters is 1. The Hall–Kier alpha value is -3.90. The van der Waals surface area contributed by atoms with E-state index in [0.29, 0.717) is 0 Å². The van der Waals surface area contributed by atoms with E-state index < -0.39 is 35.1 Å². The summed E-state index contributed by atoms with van der Waals surface area (Å²) >= 11 is 0. The molecule has 182 valence electrons. The zero-order valence-electron chi connectivity index (χ0n) is 18.8. The highest BCUT2D eigenvalue weighted by Gasteiger charge is 2.29. The minimum Gasteiger partial charge on any atom is -0.467 e. The predicted molar refractivity (Wildman–Crippen MR) is 118 cm³/mol. The summed E-state index contributed by atoms with van der Waals surface area (Å²) < 4.78 is 9.88. The second-order valence-corrected chi connectivity index (χ2v) is 7.29. The first-order valence-electron chi connectivity index (χ1n) is 10.2. The van der Waals surface area contributed by atoms with Crippen LogP contribution in [0.3, 0.4) is 0 Å². The molecule has 0 aromatic heterocycles. The first kappa shape index (κ1) is 27.1. The molecule has 0 fully saturated rings. The normalized spacial score (nSPS) is 12.9. The smallest absolute Gasteiger partial charge is 0.408 e. The van der Waals surface area contributed by atoms with Crippen LogP contribution in [-0.4, -0.2) is 54.7 Å². The van der Waals surface area contributed by atoms with E-state index in [9.17, 15) is 24.5 Å². The van der Waals surface area contributed by atoms with Crippen molar-refractivity contribution < 1.29 is 28.9 Å². The zero-order chi connectivity index (χ0) is 24.8. The summed E-state index contributed by atoms with van der Waals surface area (Å²) in [6.07, 6.45) is -0.360. The van der Waals surface area contributed by atoms with E-state index in [1.54, 1.807) is 31.4 Å². The largest absolute Gasteiger partial charge is 0.467 e. The highest BCUT2D eigenvalue weighted by molar-refractivity contribution is 5.89. The molecule has 0 spiro atoms. The molecule has 1 aromatic rings. The van der Waals surface area contributed by atoms with Crippen LogP contribution in [0.25, 0.3) is 0 Å². The third-order valence-corrected chi connectivity index (χ3v) is 4.38. The topological polar surface area (TPSA) is 187 Å². The van der Waals surface area contributed by atoms with Gasteiger partial charge >= 0.3 is 12.1 Å². The number of hydrogen-bond donors (Lipinski definition) is 4. The van der Waals surface area contributed by atoms with Crippen molar-refractivity contribution in [3.63, 3.8) is 0 Å². The van der Waals surface area contributed by atoms with Gasteiger partial charge < -0.3 is 25.8 Å². The van der Waals surface area contributed by atoms with E-state index in [1.807, 2.05) is 18.2 Å². The number of hydrogen-bond acceptors (Lipinski definition) is 8. The van der Waals surface area contributed by atoms with Gasteiger partial charge in [-0.3, -0.25) is 4.79 Å². The van der Waals surface area contributed by atoms with Gasteiger partial charge in [0.1, 0.15) is 18.7 Å². The van der Waals surface area contributed by atoms with Gasteiger partial charge in [-0.05, 0) is 24.3 Å². The Labute approximate surface area is 191 Å². The number of benzene rings is 1. The summed E-state index contributed by atoms with van der Waals surface area (Å²) in [6, 6.07) is 7.09. The van der Waals surface area contributed by atoms with Crippen LogP contribution in [0.15, 0.2) is 35.3 Å². The molecule has 0 aliphatic carbocycles. The molecular weight excluding hydrogens is 436 g/mol. The average Bonchev–Trinajstić information content (AvgIpc) is 2.77. The zero-order valence-corrected chi connectivity index (χ0v) is 18.8. The first-order valence-corrected chi connectivity index (χ1v) is 10.2. The maximum atomic E-state index is 12.8. The molecule has 33 heavy (non-hydrogen) atoms.